The molecule has 4 saturated carbocycles. The second-order valence-electron chi connectivity index (χ2n) is 15.9. The van der Waals surface area contributed by atoms with E-state index in [4.69, 9.17) is 13.2 Å². The summed E-state index contributed by atoms with van der Waals surface area (Å²) in [7, 11) is -3.95. The van der Waals surface area contributed by atoms with Crippen LogP contribution in [0.5, 0.6) is 0 Å². The molecule has 5 rings (SSSR count). The van der Waals surface area contributed by atoms with E-state index in [2.05, 4.69) is 36.8 Å². The zero-order valence-electron chi connectivity index (χ0n) is 32.5. The molecule has 1 heterocycles. The summed E-state index contributed by atoms with van der Waals surface area (Å²) in [5, 5.41) is 57.9. The highest BCUT2D eigenvalue weighted by Gasteiger charge is 2.54. The largest absolute Gasteiger partial charge is 0.481 e. The number of aliphatic hydroxyl groups is 2. The Bertz CT molecular complexity index is 1550. The number of hydrogen-bond acceptors (Lipinski definition) is 19. The number of hydrogen-bond donors (Lipinski definition) is 8. The van der Waals surface area contributed by atoms with Crippen molar-refractivity contribution in [1.29, 1.82) is 0 Å². The predicted molar refractivity (Wildman–Crippen MR) is 199 cm³/mol. The Morgan fingerprint density at radius 1 is 0.911 bits per heavy atom. The number of rotatable bonds is 17. The van der Waals surface area contributed by atoms with Gasteiger partial charge in [-0.05, 0) is 70.1 Å². The highest BCUT2D eigenvalue weighted by atomic mass is 32.2. The third kappa shape index (κ3) is 11.8. The van der Waals surface area contributed by atoms with Gasteiger partial charge in [0, 0.05) is 51.6 Å². The first-order chi connectivity index (χ1) is 26.5. The van der Waals surface area contributed by atoms with E-state index in [9.17, 15) is 41.7 Å². The fourth-order valence-electron chi connectivity index (χ4n) is 8.98. The lowest BCUT2D eigenvalue weighted by Gasteiger charge is -2.51. The summed E-state index contributed by atoms with van der Waals surface area (Å²) < 4.78 is 70.0. The average Bonchev–Trinajstić information content (AvgIpc) is 3.13. The molecular formula is C33H61N9O12S2. The summed E-state index contributed by atoms with van der Waals surface area (Å²) in [5.41, 5.74) is 0. The fourth-order valence-corrected chi connectivity index (χ4v) is 11.3. The van der Waals surface area contributed by atoms with Crippen LogP contribution in [-0.2, 0) is 43.2 Å². The Kier molecular flexibility index (Phi) is 16.0. The minimum Gasteiger partial charge on any atom is -0.481 e. The maximum Gasteiger partial charge on any atom is 0.338 e. The zero-order valence-corrected chi connectivity index (χ0v) is 34.1. The molecule has 4 aliphatic carbocycles. The lowest BCUT2D eigenvalue weighted by Crippen LogP contribution is -2.77. The third-order valence-electron chi connectivity index (χ3n) is 11.9. The molecule has 1 saturated heterocycles. The van der Waals surface area contributed by atoms with Crippen molar-refractivity contribution in [1.82, 2.24) is 36.0 Å². The summed E-state index contributed by atoms with van der Waals surface area (Å²) >= 11 is 0. The molecule has 5 fully saturated rings. The van der Waals surface area contributed by atoms with Crippen molar-refractivity contribution < 1.29 is 54.9 Å². The third-order valence-corrected chi connectivity index (χ3v) is 15.1. The first kappa shape index (κ1) is 45.1. The van der Waals surface area contributed by atoms with Gasteiger partial charge in [0.15, 0.2) is 6.35 Å². The van der Waals surface area contributed by atoms with E-state index < -0.39 is 92.4 Å². The second-order valence-corrected chi connectivity index (χ2v) is 19.5. The molecule has 21 nitrogen and oxygen atoms in total. The molecule has 23 heteroatoms. The first-order valence-electron chi connectivity index (χ1n) is 19.6. The van der Waals surface area contributed by atoms with Gasteiger partial charge in [0.2, 0.25) is 0 Å². The van der Waals surface area contributed by atoms with Gasteiger partial charge in [-0.3, -0.25) is 40.4 Å². The lowest BCUT2D eigenvalue weighted by molar-refractivity contribution is -0.143. The number of ether oxygens (including phenoxy) is 1. The van der Waals surface area contributed by atoms with Crippen LogP contribution < -0.4 is 26.6 Å². The summed E-state index contributed by atoms with van der Waals surface area (Å²) in [6.45, 7) is 1.96. The van der Waals surface area contributed by atoms with Crippen LogP contribution in [0.4, 0.5) is 0 Å². The van der Waals surface area contributed by atoms with Crippen molar-refractivity contribution in [2.24, 2.45) is 33.9 Å². The number of carboxylic acids is 1. The van der Waals surface area contributed by atoms with Gasteiger partial charge in [-0.1, -0.05) is 13.3 Å². The highest BCUT2D eigenvalue weighted by molar-refractivity contribution is 7.87. The van der Waals surface area contributed by atoms with Gasteiger partial charge in [-0.15, -0.1) is 0 Å². The van der Waals surface area contributed by atoms with Crippen LogP contribution in [0.2, 0.25) is 0 Å². The molecule has 0 radical (unpaired) electrons. The predicted octanol–water partition coefficient (Wildman–Crippen LogP) is -1.08. The molecular weight excluding hydrogens is 779 g/mol. The maximum absolute atomic E-state index is 13.6. The normalized spacial score (nSPS) is 38.7. The molecule has 12 unspecified atom stereocenters. The van der Waals surface area contributed by atoms with Crippen molar-refractivity contribution in [3.63, 3.8) is 0 Å². The summed E-state index contributed by atoms with van der Waals surface area (Å²) in [6.07, 6.45) is 1.22. The summed E-state index contributed by atoms with van der Waals surface area (Å²) in [4.78, 5) is 22.5. The maximum atomic E-state index is 13.6. The monoisotopic (exact) mass is 839 g/mol. The Labute approximate surface area is 329 Å². The van der Waals surface area contributed by atoms with Crippen LogP contribution in [0.3, 0.4) is 0 Å². The van der Waals surface area contributed by atoms with E-state index in [0.29, 0.717) is 45.0 Å². The van der Waals surface area contributed by atoms with Crippen molar-refractivity contribution in [2.75, 3.05) is 34.3 Å². The Morgan fingerprint density at radius 3 is 2.25 bits per heavy atom. The van der Waals surface area contributed by atoms with Crippen LogP contribution in [0.25, 0.3) is 0 Å². The van der Waals surface area contributed by atoms with Crippen LogP contribution in [0.15, 0.2) is 10.2 Å². The van der Waals surface area contributed by atoms with Gasteiger partial charge in [0.25, 0.3) is 16.6 Å². The number of nitrogens with one attached hydrogen (secondary N) is 5. The minimum atomic E-state index is -4.16. The number of aliphatic carboxylic acids is 1. The zero-order chi connectivity index (χ0) is 40.8. The highest BCUT2D eigenvalue weighted by Crippen LogP contribution is 2.46. The van der Waals surface area contributed by atoms with Crippen LogP contribution in [0, 0.1) is 23.7 Å². The molecule has 5 aliphatic rings. The van der Waals surface area contributed by atoms with Crippen molar-refractivity contribution >= 4 is 32.9 Å². The fraction of sp³-hybridized carbons (Fsp3) is 0.939. The molecule has 56 heavy (non-hydrogen) atoms. The van der Waals surface area contributed by atoms with E-state index in [1.807, 2.05) is 0 Å². The molecule has 0 aromatic carbocycles. The number of hydroxylamine groups is 2. The molecule has 322 valence electrons. The summed E-state index contributed by atoms with van der Waals surface area (Å²) in [5.74, 6) is -3.03. The van der Waals surface area contributed by atoms with Crippen molar-refractivity contribution in [3.8, 4) is 0 Å². The van der Waals surface area contributed by atoms with Gasteiger partial charge in [0.1, 0.15) is 24.7 Å². The Morgan fingerprint density at radius 2 is 1.61 bits per heavy atom. The average molecular weight is 840 g/mol. The van der Waals surface area contributed by atoms with Gasteiger partial charge < -0.3 is 20.1 Å². The van der Waals surface area contributed by atoms with Crippen LogP contribution in [-0.4, -0.2) is 149 Å². The Hall–Kier alpha value is -2.00. The lowest BCUT2D eigenvalue weighted by atomic mass is 9.62. The molecule has 1 aliphatic heterocycles. The number of carboxylic acid groups (broad SMARTS) is 1. The molecule has 0 amide bonds. The number of carbonyl (C=O) groups is 2. The molecule has 0 aromatic heterocycles. The SMILES string of the molecule is CCN(C)S(=O)(=O)OCC1CC2CC(S(=O)(=O)ON(C)C)CC(NC3NC(O)NC(NC4CCCC(C(=O)O)C4)N3)C2C(O)C1N=NC1CCC(OC=O)CC1. The second kappa shape index (κ2) is 19.8. The quantitative estimate of drug-likeness (QED) is 0.0491. The topological polar surface area (TPSA) is 282 Å². The van der Waals surface area contributed by atoms with E-state index in [-0.39, 0.29) is 50.6 Å². The van der Waals surface area contributed by atoms with E-state index in [1.54, 1.807) is 6.92 Å². The number of carbonyl (C=O) groups excluding carboxylic acids is 1. The number of nitrogens with zero attached hydrogens (tertiary/aromatic N) is 4. The van der Waals surface area contributed by atoms with Crippen LogP contribution >= 0.6 is 0 Å². The minimum absolute atomic E-state index is 0.0280. The number of azo groups is 1. The van der Waals surface area contributed by atoms with E-state index in [1.165, 1.54) is 21.1 Å². The van der Waals surface area contributed by atoms with Crippen LogP contribution in [0.1, 0.15) is 77.6 Å². The number of aliphatic hydroxyl groups excluding tert-OH is 2. The van der Waals surface area contributed by atoms with E-state index in [0.717, 1.165) is 22.2 Å². The summed E-state index contributed by atoms with van der Waals surface area (Å²) in [6, 6.07) is -1.94. The van der Waals surface area contributed by atoms with Crippen molar-refractivity contribution in [2.45, 2.75) is 138 Å². The molecule has 0 aromatic rings. The van der Waals surface area contributed by atoms with Gasteiger partial charge in [-0.25, -0.2) is 0 Å². The van der Waals surface area contributed by atoms with Gasteiger partial charge >= 0.3 is 16.3 Å². The smallest absolute Gasteiger partial charge is 0.338 e. The Balaban J connectivity index is 1.40. The number of fused-ring (bicyclic) bond motifs is 1. The van der Waals surface area contributed by atoms with Crippen molar-refractivity contribution in [3.05, 3.63) is 0 Å². The first-order valence-corrected chi connectivity index (χ1v) is 22.4. The molecule has 0 spiro atoms. The van der Waals surface area contributed by atoms with Gasteiger partial charge in [0.05, 0.1) is 29.9 Å². The standard InChI is InChI=1S/C33H61N9O12S2/c1-5-42(4)56(50,51)53-17-21-13-20-15-25(55(48,49)54-41(2)3)16-26(27(20)29(44)28(21)40-39-22-9-11-24(12-10-22)52-18-43)35-32-36-31(37-33(47)38-32)34-23-8-6-7-19(14-23)30(45)46/h18-29,31-38,44,47H,5-17H2,1-4H3,(H,45,46). The molecule has 8 N–H and O–H groups in total. The molecule has 12 atom stereocenters. The molecule has 0 bridgehead atoms. The van der Waals surface area contributed by atoms with Gasteiger partial charge in [-0.2, -0.15) is 40.7 Å². The van der Waals surface area contributed by atoms with E-state index >= 15 is 0 Å².